The maximum atomic E-state index is 12.3. The van der Waals surface area contributed by atoms with Crippen molar-refractivity contribution in [2.45, 2.75) is 12.8 Å². The van der Waals surface area contributed by atoms with Crippen LogP contribution in [0.5, 0.6) is 0 Å². The summed E-state index contributed by atoms with van der Waals surface area (Å²) in [6.07, 6.45) is 4.10. The maximum Gasteiger partial charge on any atom is 0.227 e. The first-order valence-corrected chi connectivity index (χ1v) is 9.66. The van der Waals surface area contributed by atoms with Gasteiger partial charge in [-0.1, -0.05) is 0 Å². The fourth-order valence-corrected chi connectivity index (χ4v) is 4.14. The first-order chi connectivity index (χ1) is 10.4. The molecular weight excluding hydrogens is 322 g/mol. The van der Waals surface area contributed by atoms with Crippen LogP contribution in [-0.2, 0) is 14.8 Å². The smallest absolute Gasteiger partial charge is 0.227 e. The quantitative estimate of drug-likeness (QED) is 0.926. The molecule has 6 nitrogen and oxygen atoms in total. The number of hydrogen-bond acceptors (Lipinski definition) is 5. The SMILES string of the molecule is CS(=O)(=O)N1CCC(C(=O)Nc2ccc3sncc3c2)CC1. The number of aromatic nitrogens is 1. The molecule has 8 heteroatoms. The second-order valence-corrected chi connectivity index (χ2v) is 8.32. The van der Waals surface area contributed by atoms with Crippen LogP contribution in [0.25, 0.3) is 10.1 Å². The Hall–Kier alpha value is -1.51. The van der Waals surface area contributed by atoms with Crippen molar-refractivity contribution in [3.63, 3.8) is 0 Å². The van der Waals surface area contributed by atoms with Crippen molar-refractivity contribution in [3.8, 4) is 0 Å². The Bertz CT molecular complexity index is 793. The molecule has 1 aliphatic heterocycles. The zero-order valence-electron chi connectivity index (χ0n) is 12.2. The van der Waals surface area contributed by atoms with Gasteiger partial charge < -0.3 is 5.32 Å². The highest BCUT2D eigenvalue weighted by Crippen LogP contribution is 2.24. The topological polar surface area (TPSA) is 79.4 Å². The number of amides is 1. The Morgan fingerprint density at radius 2 is 2.09 bits per heavy atom. The number of fused-ring (bicyclic) bond motifs is 1. The van der Waals surface area contributed by atoms with E-state index in [0.29, 0.717) is 25.9 Å². The molecule has 1 N–H and O–H groups in total. The number of piperidine rings is 1. The monoisotopic (exact) mass is 339 g/mol. The highest BCUT2D eigenvalue weighted by molar-refractivity contribution is 7.88. The van der Waals surface area contributed by atoms with Crippen LogP contribution in [0.15, 0.2) is 24.4 Å². The molecular formula is C14H17N3O3S2. The molecule has 0 aliphatic carbocycles. The fourth-order valence-electron chi connectivity index (χ4n) is 2.64. The number of nitrogens with zero attached hydrogens (tertiary/aromatic N) is 2. The summed E-state index contributed by atoms with van der Waals surface area (Å²) in [5.41, 5.74) is 0.753. The average Bonchev–Trinajstić information content (AvgIpc) is 2.94. The van der Waals surface area contributed by atoms with Crippen molar-refractivity contribution >= 4 is 43.2 Å². The van der Waals surface area contributed by atoms with E-state index in [1.165, 1.54) is 22.1 Å². The first kappa shape index (κ1) is 15.4. The molecule has 1 aromatic carbocycles. The molecule has 118 valence electrons. The van der Waals surface area contributed by atoms with Gasteiger partial charge in [-0.25, -0.2) is 12.7 Å². The van der Waals surface area contributed by atoms with E-state index in [4.69, 9.17) is 0 Å². The Kier molecular flexibility index (Phi) is 4.16. The van der Waals surface area contributed by atoms with Crippen LogP contribution in [0.4, 0.5) is 5.69 Å². The van der Waals surface area contributed by atoms with E-state index in [0.717, 1.165) is 15.8 Å². The number of sulfonamides is 1. The van der Waals surface area contributed by atoms with E-state index >= 15 is 0 Å². The molecule has 1 amide bonds. The zero-order valence-corrected chi connectivity index (χ0v) is 13.8. The lowest BCUT2D eigenvalue weighted by Crippen LogP contribution is -2.40. The molecule has 0 saturated carbocycles. The van der Waals surface area contributed by atoms with Crippen LogP contribution < -0.4 is 5.32 Å². The lowest BCUT2D eigenvalue weighted by Gasteiger charge is -2.29. The van der Waals surface area contributed by atoms with E-state index in [1.807, 2.05) is 18.2 Å². The summed E-state index contributed by atoms with van der Waals surface area (Å²) in [6.45, 7) is 0.814. The van der Waals surface area contributed by atoms with Gasteiger partial charge in [0.1, 0.15) is 0 Å². The fraction of sp³-hybridized carbons (Fsp3) is 0.429. The van der Waals surface area contributed by atoms with E-state index in [-0.39, 0.29) is 11.8 Å². The summed E-state index contributed by atoms with van der Waals surface area (Å²) < 4.78 is 29.6. The number of hydrogen-bond donors (Lipinski definition) is 1. The standard InChI is InChI=1S/C14H17N3O3S2/c1-22(19,20)17-6-4-10(5-7-17)14(18)16-12-2-3-13-11(8-12)9-15-21-13/h2-3,8-10H,4-7H2,1H3,(H,16,18). The number of benzene rings is 1. The highest BCUT2D eigenvalue weighted by atomic mass is 32.2. The van der Waals surface area contributed by atoms with Crippen molar-refractivity contribution in [2.75, 3.05) is 24.7 Å². The van der Waals surface area contributed by atoms with E-state index in [2.05, 4.69) is 9.69 Å². The number of carbonyl (C=O) groups excluding carboxylic acids is 1. The molecule has 0 atom stereocenters. The van der Waals surface area contributed by atoms with Crippen LogP contribution in [0, 0.1) is 5.92 Å². The van der Waals surface area contributed by atoms with Gasteiger partial charge in [-0.15, -0.1) is 0 Å². The summed E-state index contributed by atoms with van der Waals surface area (Å²) in [7, 11) is -3.16. The van der Waals surface area contributed by atoms with Gasteiger partial charge in [0.15, 0.2) is 0 Å². The Labute approximate surface area is 133 Å². The Balaban J connectivity index is 1.63. The van der Waals surface area contributed by atoms with Crippen molar-refractivity contribution in [1.29, 1.82) is 0 Å². The van der Waals surface area contributed by atoms with E-state index in [1.54, 1.807) is 6.20 Å². The van der Waals surface area contributed by atoms with Crippen LogP contribution in [0.2, 0.25) is 0 Å². The molecule has 22 heavy (non-hydrogen) atoms. The normalized spacial score (nSPS) is 17.7. The van der Waals surface area contributed by atoms with Crippen molar-refractivity contribution < 1.29 is 13.2 Å². The lowest BCUT2D eigenvalue weighted by molar-refractivity contribution is -0.120. The zero-order chi connectivity index (χ0) is 15.7. The number of carbonyl (C=O) groups is 1. The van der Waals surface area contributed by atoms with Gasteiger partial charge in [0.25, 0.3) is 0 Å². The Morgan fingerprint density at radius 1 is 1.36 bits per heavy atom. The van der Waals surface area contributed by atoms with Gasteiger partial charge in [0.2, 0.25) is 15.9 Å². The molecule has 0 spiro atoms. The third-order valence-corrected chi connectivity index (χ3v) is 6.00. The molecule has 0 radical (unpaired) electrons. The van der Waals surface area contributed by atoms with Gasteiger partial charge in [-0.05, 0) is 42.6 Å². The van der Waals surface area contributed by atoms with Gasteiger partial charge in [-0.2, -0.15) is 4.37 Å². The summed E-state index contributed by atoms with van der Waals surface area (Å²) >= 11 is 1.42. The summed E-state index contributed by atoms with van der Waals surface area (Å²) in [5.74, 6) is -0.190. The molecule has 1 aromatic heterocycles. The molecule has 2 heterocycles. The van der Waals surface area contributed by atoms with Gasteiger partial charge in [0, 0.05) is 36.3 Å². The minimum Gasteiger partial charge on any atom is -0.326 e. The minimum absolute atomic E-state index is 0.0457. The molecule has 3 rings (SSSR count). The van der Waals surface area contributed by atoms with Crippen molar-refractivity contribution in [1.82, 2.24) is 8.68 Å². The lowest BCUT2D eigenvalue weighted by atomic mass is 9.97. The number of anilines is 1. The van der Waals surface area contributed by atoms with Crippen LogP contribution in [0.3, 0.4) is 0 Å². The Morgan fingerprint density at radius 3 is 2.77 bits per heavy atom. The van der Waals surface area contributed by atoms with Crippen LogP contribution in [0.1, 0.15) is 12.8 Å². The number of rotatable bonds is 3. The van der Waals surface area contributed by atoms with Crippen LogP contribution >= 0.6 is 11.5 Å². The molecule has 1 fully saturated rings. The second-order valence-electron chi connectivity index (χ2n) is 5.50. The molecule has 1 aliphatic rings. The third kappa shape index (κ3) is 3.29. The molecule has 0 bridgehead atoms. The highest BCUT2D eigenvalue weighted by Gasteiger charge is 2.28. The molecule has 0 unspecified atom stereocenters. The first-order valence-electron chi connectivity index (χ1n) is 7.04. The van der Waals surface area contributed by atoms with E-state index in [9.17, 15) is 13.2 Å². The second kappa shape index (κ2) is 5.94. The van der Waals surface area contributed by atoms with E-state index < -0.39 is 10.0 Å². The summed E-state index contributed by atoms with van der Waals surface area (Å²) in [4.78, 5) is 12.3. The van der Waals surface area contributed by atoms with Crippen molar-refractivity contribution in [2.24, 2.45) is 5.92 Å². The predicted octanol–water partition coefficient (Wildman–Crippen LogP) is 1.91. The minimum atomic E-state index is -3.16. The summed E-state index contributed by atoms with van der Waals surface area (Å²) in [6, 6.07) is 5.71. The van der Waals surface area contributed by atoms with Gasteiger partial charge >= 0.3 is 0 Å². The van der Waals surface area contributed by atoms with Gasteiger partial charge in [-0.3, -0.25) is 4.79 Å². The average molecular weight is 339 g/mol. The molecule has 2 aromatic rings. The van der Waals surface area contributed by atoms with Gasteiger partial charge in [0.05, 0.1) is 11.0 Å². The third-order valence-electron chi connectivity index (χ3n) is 3.91. The maximum absolute atomic E-state index is 12.3. The summed E-state index contributed by atoms with van der Waals surface area (Å²) in [5, 5.41) is 3.93. The largest absolute Gasteiger partial charge is 0.326 e. The molecule has 1 saturated heterocycles. The number of nitrogens with one attached hydrogen (secondary N) is 1. The van der Waals surface area contributed by atoms with Crippen molar-refractivity contribution in [3.05, 3.63) is 24.4 Å². The predicted molar refractivity (Wildman–Crippen MR) is 87.4 cm³/mol. The van der Waals surface area contributed by atoms with Crippen LogP contribution in [-0.4, -0.2) is 42.3 Å².